The van der Waals surface area contributed by atoms with Crippen molar-refractivity contribution in [2.75, 3.05) is 11.9 Å². The molecule has 2 rings (SSSR count). The van der Waals surface area contributed by atoms with Crippen LogP contribution >= 0.6 is 11.3 Å². The Morgan fingerprint density at radius 1 is 1.37 bits per heavy atom. The lowest BCUT2D eigenvalue weighted by atomic mass is 10.3. The van der Waals surface area contributed by atoms with Gasteiger partial charge in [0.2, 0.25) is 5.88 Å². The number of anilines is 1. The molecule has 0 aliphatic rings. The van der Waals surface area contributed by atoms with Crippen LogP contribution in [-0.4, -0.2) is 21.6 Å². The molecule has 5 nitrogen and oxygen atoms in total. The summed E-state index contributed by atoms with van der Waals surface area (Å²) in [5.74, 6) is 2.05. The van der Waals surface area contributed by atoms with Crippen LogP contribution in [0.3, 0.4) is 0 Å². The SMILES string of the molecule is CCOc1cc(NC(C)c2ncc(C)s2)nc(C)n1. The average Bonchev–Trinajstić information content (AvgIpc) is 2.75. The third kappa shape index (κ3) is 3.64. The standard InChI is InChI=1S/C13H18N4OS/c1-5-18-12-6-11(16-10(4)17-12)15-9(3)13-14-7-8(2)19-13/h6-7,9H,5H2,1-4H3,(H,15,16,17). The van der Waals surface area contributed by atoms with E-state index < -0.39 is 0 Å². The molecule has 19 heavy (non-hydrogen) atoms. The first-order valence-electron chi connectivity index (χ1n) is 6.26. The molecule has 102 valence electrons. The molecule has 1 unspecified atom stereocenters. The predicted molar refractivity (Wildman–Crippen MR) is 76.8 cm³/mol. The highest BCUT2D eigenvalue weighted by molar-refractivity contribution is 7.11. The van der Waals surface area contributed by atoms with Gasteiger partial charge in [-0.1, -0.05) is 0 Å². The predicted octanol–water partition coefficient (Wildman–Crippen LogP) is 3.12. The minimum absolute atomic E-state index is 0.113. The number of nitrogens with zero attached hydrogens (tertiary/aromatic N) is 3. The minimum Gasteiger partial charge on any atom is -0.478 e. The Morgan fingerprint density at radius 3 is 2.79 bits per heavy atom. The molecule has 2 aromatic heterocycles. The van der Waals surface area contributed by atoms with E-state index in [0.717, 1.165) is 10.8 Å². The Kier molecular flexibility index (Phi) is 4.31. The van der Waals surface area contributed by atoms with Crippen molar-refractivity contribution >= 4 is 17.2 Å². The lowest BCUT2D eigenvalue weighted by Gasteiger charge is -2.13. The van der Waals surface area contributed by atoms with Crippen molar-refractivity contribution < 1.29 is 4.74 Å². The van der Waals surface area contributed by atoms with Gasteiger partial charge in [0.1, 0.15) is 16.6 Å². The van der Waals surface area contributed by atoms with Crippen molar-refractivity contribution in [2.45, 2.75) is 33.7 Å². The maximum Gasteiger partial charge on any atom is 0.218 e. The van der Waals surface area contributed by atoms with Gasteiger partial charge in [0, 0.05) is 17.1 Å². The zero-order valence-corrected chi connectivity index (χ0v) is 12.4. The molecule has 0 radical (unpaired) electrons. The van der Waals surface area contributed by atoms with E-state index in [4.69, 9.17) is 4.74 Å². The zero-order valence-electron chi connectivity index (χ0n) is 11.6. The quantitative estimate of drug-likeness (QED) is 0.910. The second-order valence-electron chi connectivity index (χ2n) is 4.25. The van der Waals surface area contributed by atoms with Crippen LogP contribution in [0.15, 0.2) is 12.3 Å². The van der Waals surface area contributed by atoms with E-state index >= 15 is 0 Å². The number of rotatable bonds is 5. The summed E-state index contributed by atoms with van der Waals surface area (Å²) in [6, 6.07) is 1.93. The Labute approximate surface area is 117 Å². The lowest BCUT2D eigenvalue weighted by Crippen LogP contribution is -2.09. The van der Waals surface area contributed by atoms with E-state index in [1.165, 1.54) is 4.88 Å². The van der Waals surface area contributed by atoms with Gasteiger partial charge in [0.15, 0.2) is 0 Å². The first kappa shape index (κ1) is 13.7. The average molecular weight is 278 g/mol. The maximum absolute atomic E-state index is 5.41. The van der Waals surface area contributed by atoms with Gasteiger partial charge in [-0.3, -0.25) is 0 Å². The van der Waals surface area contributed by atoms with Crippen molar-refractivity contribution in [2.24, 2.45) is 0 Å². The van der Waals surface area contributed by atoms with Crippen molar-refractivity contribution in [3.05, 3.63) is 28.0 Å². The molecule has 0 saturated carbocycles. The van der Waals surface area contributed by atoms with Crippen molar-refractivity contribution in [1.82, 2.24) is 15.0 Å². The molecule has 0 saturated heterocycles. The van der Waals surface area contributed by atoms with Gasteiger partial charge in [0.05, 0.1) is 12.6 Å². The zero-order chi connectivity index (χ0) is 13.8. The van der Waals surface area contributed by atoms with Crippen molar-refractivity contribution in [3.8, 4) is 5.88 Å². The fourth-order valence-corrected chi connectivity index (χ4v) is 2.47. The Hall–Kier alpha value is -1.69. The van der Waals surface area contributed by atoms with E-state index in [2.05, 4.69) is 34.1 Å². The van der Waals surface area contributed by atoms with Gasteiger partial charge in [-0.05, 0) is 27.7 Å². The fraction of sp³-hybridized carbons (Fsp3) is 0.462. The Morgan fingerprint density at radius 2 is 2.16 bits per heavy atom. The number of thiazole rings is 1. The second kappa shape index (κ2) is 5.97. The number of aromatic nitrogens is 3. The van der Waals surface area contributed by atoms with Crippen molar-refractivity contribution in [3.63, 3.8) is 0 Å². The Balaban J connectivity index is 2.14. The monoisotopic (exact) mass is 278 g/mol. The topological polar surface area (TPSA) is 59.9 Å². The first-order chi connectivity index (χ1) is 9.08. The Bertz CT molecular complexity index is 555. The summed E-state index contributed by atoms with van der Waals surface area (Å²) in [7, 11) is 0. The third-order valence-electron chi connectivity index (χ3n) is 2.48. The van der Waals surface area contributed by atoms with Gasteiger partial charge < -0.3 is 10.1 Å². The highest BCUT2D eigenvalue weighted by Gasteiger charge is 2.11. The van der Waals surface area contributed by atoms with Crippen LogP contribution in [-0.2, 0) is 0 Å². The largest absolute Gasteiger partial charge is 0.478 e. The molecule has 0 aromatic carbocycles. The normalized spacial score (nSPS) is 12.2. The summed E-state index contributed by atoms with van der Waals surface area (Å²) in [6.07, 6.45) is 1.88. The van der Waals surface area contributed by atoms with Crippen molar-refractivity contribution in [1.29, 1.82) is 0 Å². The molecular formula is C13H18N4OS. The number of aryl methyl sites for hydroxylation is 2. The molecule has 0 fully saturated rings. The lowest BCUT2D eigenvalue weighted by molar-refractivity contribution is 0.325. The number of ether oxygens (including phenoxy) is 1. The smallest absolute Gasteiger partial charge is 0.218 e. The van der Waals surface area contributed by atoms with E-state index in [9.17, 15) is 0 Å². The summed E-state index contributed by atoms with van der Waals surface area (Å²) >= 11 is 1.69. The molecular weight excluding hydrogens is 260 g/mol. The number of hydrogen-bond donors (Lipinski definition) is 1. The molecule has 0 bridgehead atoms. The summed E-state index contributed by atoms with van der Waals surface area (Å²) in [5.41, 5.74) is 0. The first-order valence-corrected chi connectivity index (χ1v) is 7.07. The van der Waals surface area contributed by atoms with Crippen LogP contribution in [0.1, 0.15) is 35.6 Å². The minimum atomic E-state index is 0.113. The second-order valence-corrected chi connectivity index (χ2v) is 5.51. The molecule has 0 amide bonds. The fourth-order valence-electron chi connectivity index (χ4n) is 1.69. The van der Waals surface area contributed by atoms with E-state index in [0.29, 0.717) is 18.3 Å². The van der Waals surface area contributed by atoms with Crippen LogP contribution < -0.4 is 10.1 Å². The van der Waals surface area contributed by atoms with E-state index in [1.54, 1.807) is 11.3 Å². The summed E-state index contributed by atoms with van der Waals surface area (Å²) in [4.78, 5) is 14.2. The van der Waals surface area contributed by atoms with Gasteiger partial charge >= 0.3 is 0 Å². The highest BCUT2D eigenvalue weighted by Crippen LogP contribution is 2.23. The van der Waals surface area contributed by atoms with Gasteiger partial charge in [-0.15, -0.1) is 11.3 Å². The van der Waals surface area contributed by atoms with Crippen LogP contribution in [0.4, 0.5) is 5.82 Å². The van der Waals surface area contributed by atoms with Gasteiger partial charge in [0.25, 0.3) is 0 Å². The summed E-state index contributed by atoms with van der Waals surface area (Å²) in [5, 5.41) is 4.38. The van der Waals surface area contributed by atoms with Crippen LogP contribution in [0.25, 0.3) is 0 Å². The molecule has 0 aliphatic carbocycles. The number of hydrogen-bond acceptors (Lipinski definition) is 6. The molecule has 2 heterocycles. The summed E-state index contributed by atoms with van der Waals surface area (Å²) in [6.45, 7) is 8.50. The maximum atomic E-state index is 5.41. The van der Waals surface area contributed by atoms with E-state index in [1.807, 2.05) is 26.1 Å². The molecule has 0 spiro atoms. The molecule has 1 N–H and O–H groups in total. The number of nitrogens with one attached hydrogen (secondary N) is 1. The van der Waals surface area contributed by atoms with Gasteiger partial charge in [-0.2, -0.15) is 4.98 Å². The van der Waals surface area contributed by atoms with Crippen LogP contribution in [0.2, 0.25) is 0 Å². The van der Waals surface area contributed by atoms with Crippen LogP contribution in [0.5, 0.6) is 5.88 Å². The highest BCUT2D eigenvalue weighted by atomic mass is 32.1. The molecule has 1 atom stereocenters. The molecule has 0 aliphatic heterocycles. The van der Waals surface area contributed by atoms with E-state index in [-0.39, 0.29) is 6.04 Å². The van der Waals surface area contributed by atoms with Gasteiger partial charge in [-0.25, -0.2) is 9.97 Å². The summed E-state index contributed by atoms with van der Waals surface area (Å²) < 4.78 is 5.41. The third-order valence-corrected chi connectivity index (χ3v) is 3.58. The van der Waals surface area contributed by atoms with Crippen LogP contribution in [0, 0.1) is 13.8 Å². The molecule has 6 heteroatoms. The molecule has 2 aromatic rings.